The van der Waals surface area contributed by atoms with E-state index in [0.717, 1.165) is 15.9 Å². The number of carbonyl (C=O) groups is 1. The molecule has 2 aromatic carbocycles. The fourth-order valence-corrected chi connectivity index (χ4v) is 4.53. The van der Waals surface area contributed by atoms with Gasteiger partial charge in [0.2, 0.25) is 5.91 Å². The molecule has 0 aliphatic rings. The number of nitrogens with one attached hydrogen (secondary N) is 1. The standard InChI is InChI=1S/C20H16BrN3OS2/c21-15-7-5-14(6-8-15)11-24-12-18(16-3-1-2-4-17(16)24)27-13-19(25)23-20-22-9-10-26-20/h1-10,12H,11,13H2,(H,22,23,25). The molecule has 0 aliphatic heterocycles. The van der Waals surface area contributed by atoms with Gasteiger partial charge in [-0.3, -0.25) is 4.79 Å². The first-order valence-electron chi connectivity index (χ1n) is 8.33. The van der Waals surface area contributed by atoms with E-state index in [9.17, 15) is 4.79 Å². The Hall–Kier alpha value is -2.09. The van der Waals surface area contributed by atoms with E-state index in [-0.39, 0.29) is 5.91 Å². The molecule has 27 heavy (non-hydrogen) atoms. The normalized spacial score (nSPS) is 11.0. The van der Waals surface area contributed by atoms with Gasteiger partial charge in [-0.2, -0.15) is 0 Å². The Kier molecular flexibility index (Phi) is 5.61. The van der Waals surface area contributed by atoms with Crippen LogP contribution in [0.3, 0.4) is 0 Å². The second-order valence-corrected chi connectivity index (χ2v) is 8.77. The number of hydrogen-bond acceptors (Lipinski definition) is 4. The van der Waals surface area contributed by atoms with Crippen LogP contribution < -0.4 is 5.32 Å². The van der Waals surface area contributed by atoms with E-state index in [1.165, 1.54) is 27.8 Å². The predicted molar refractivity (Wildman–Crippen MR) is 117 cm³/mol. The summed E-state index contributed by atoms with van der Waals surface area (Å²) >= 11 is 6.45. The Morgan fingerprint density at radius 2 is 2.00 bits per heavy atom. The zero-order valence-corrected chi connectivity index (χ0v) is 17.5. The smallest absolute Gasteiger partial charge is 0.236 e. The number of halogens is 1. The van der Waals surface area contributed by atoms with Gasteiger partial charge >= 0.3 is 0 Å². The number of aromatic nitrogens is 2. The van der Waals surface area contributed by atoms with Crippen molar-refractivity contribution < 1.29 is 4.79 Å². The third-order valence-corrected chi connectivity index (χ3v) is 6.32. The van der Waals surface area contributed by atoms with Crippen LogP contribution in [-0.2, 0) is 11.3 Å². The molecule has 0 saturated carbocycles. The van der Waals surface area contributed by atoms with Gasteiger partial charge in [0, 0.05) is 44.6 Å². The van der Waals surface area contributed by atoms with Gasteiger partial charge in [0.15, 0.2) is 5.13 Å². The van der Waals surface area contributed by atoms with Crippen LogP contribution in [0.5, 0.6) is 0 Å². The first kappa shape index (κ1) is 18.3. The fraction of sp³-hybridized carbons (Fsp3) is 0.100. The Balaban J connectivity index is 1.52. The first-order valence-corrected chi connectivity index (χ1v) is 11.0. The van der Waals surface area contributed by atoms with Gasteiger partial charge in [0.05, 0.1) is 5.75 Å². The van der Waals surface area contributed by atoms with Crippen LogP contribution >= 0.6 is 39.0 Å². The maximum absolute atomic E-state index is 12.2. The third-order valence-electron chi connectivity index (χ3n) is 4.06. The van der Waals surface area contributed by atoms with E-state index in [1.807, 2.05) is 17.5 Å². The van der Waals surface area contributed by atoms with Crippen LogP contribution in [0.4, 0.5) is 5.13 Å². The molecular formula is C20H16BrN3OS2. The molecule has 1 amide bonds. The summed E-state index contributed by atoms with van der Waals surface area (Å²) in [4.78, 5) is 17.4. The molecular weight excluding hydrogens is 442 g/mol. The van der Waals surface area contributed by atoms with Gasteiger partial charge in [-0.25, -0.2) is 4.98 Å². The molecule has 0 spiro atoms. The highest BCUT2D eigenvalue weighted by Gasteiger charge is 2.12. The minimum absolute atomic E-state index is 0.0420. The quantitative estimate of drug-likeness (QED) is 0.381. The number of nitrogens with zero attached hydrogens (tertiary/aromatic N) is 2. The van der Waals surface area contributed by atoms with E-state index in [2.05, 4.69) is 73.4 Å². The second kappa shape index (κ2) is 8.29. The molecule has 0 saturated heterocycles. The van der Waals surface area contributed by atoms with Crippen LogP contribution in [-0.4, -0.2) is 21.2 Å². The summed E-state index contributed by atoms with van der Waals surface area (Å²) in [5.41, 5.74) is 2.40. The van der Waals surface area contributed by atoms with E-state index in [0.29, 0.717) is 10.9 Å². The first-order chi connectivity index (χ1) is 13.2. The summed E-state index contributed by atoms with van der Waals surface area (Å²) in [6.07, 6.45) is 3.82. The Morgan fingerprint density at radius 3 is 2.78 bits per heavy atom. The molecule has 7 heteroatoms. The highest BCUT2D eigenvalue weighted by atomic mass is 79.9. The Morgan fingerprint density at radius 1 is 1.19 bits per heavy atom. The molecule has 136 valence electrons. The molecule has 2 aromatic heterocycles. The van der Waals surface area contributed by atoms with E-state index >= 15 is 0 Å². The van der Waals surface area contributed by atoms with Crippen molar-refractivity contribution in [2.45, 2.75) is 11.4 Å². The summed E-state index contributed by atoms with van der Waals surface area (Å²) in [7, 11) is 0. The highest BCUT2D eigenvalue weighted by molar-refractivity contribution is 9.10. The van der Waals surface area contributed by atoms with Gasteiger partial charge < -0.3 is 9.88 Å². The van der Waals surface area contributed by atoms with Gasteiger partial charge in [-0.05, 0) is 23.8 Å². The molecule has 4 rings (SSSR count). The van der Waals surface area contributed by atoms with E-state index in [1.54, 1.807) is 18.0 Å². The van der Waals surface area contributed by atoms with Crippen molar-refractivity contribution in [1.29, 1.82) is 0 Å². The van der Waals surface area contributed by atoms with Crippen molar-refractivity contribution in [3.63, 3.8) is 0 Å². The lowest BCUT2D eigenvalue weighted by atomic mass is 10.2. The Bertz CT molecular complexity index is 1060. The molecule has 4 aromatic rings. The summed E-state index contributed by atoms with van der Waals surface area (Å²) < 4.78 is 3.31. The number of amides is 1. The van der Waals surface area contributed by atoms with Crippen molar-refractivity contribution in [3.05, 3.63) is 76.3 Å². The van der Waals surface area contributed by atoms with Crippen molar-refractivity contribution >= 4 is 61.0 Å². The van der Waals surface area contributed by atoms with Crippen molar-refractivity contribution in [2.24, 2.45) is 0 Å². The summed E-state index contributed by atoms with van der Waals surface area (Å²) in [5, 5.41) is 6.48. The largest absolute Gasteiger partial charge is 0.342 e. The molecule has 0 radical (unpaired) electrons. The summed E-state index contributed by atoms with van der Waals surface area (Å²) in [6, 6.07) is 16.7. The molecule has 0 aliphatic carbocycles. The van der Waals surface area contributed by atoms with Crippen LogP contribution in [0, 0.1) is 0 Å². The average molecular weight is 458 g/mol. The van der Waals surface area contributed by atoms with Crippen molar-refractivity contribution in [1.82, 2.24) is 9.55 Å². The number of thiazole rings is 1. The average Bonchev–Trinajstić information content (AvgIpc) is 3.30. The molecule has 0 atom stereocenters. The lowest BCUT2D eigenvalue weighted by Gasteiger charge is -2.05. The zero-order chi connectivity index (χ0) is 18.6. The minimum Gasteiger partial charge on any atom is -0.342 e. The highest BCUT2D eigenvalue weighted by Crippen LogP contribution is 2.30. The summed E-state index contributed by atoms with van der Waals surface area (Å²) in [6.45, 7) is 0.791. The van der Waals surface area contributed by atoms with Gasteiger partial charge in [-0.1, -0.05) is 46.3 Å². The van der Waals surface area contributed by atoms with Crippen molar-refractivity contribution in [3.8, 4) is 0 Å². The van der Waals surface area contributed by atoms with Gasteiger partial charge in [0.1, 0.15) is 0 Å². The molecule has 2 heterocycles. The number of rotatable bonds is 6. The number of thioether (sulfide) groups is 1. The summed E-state index contributed by atoms with van der Waals surface area (Å²) in [5.74, 6) is 0.311. The van der Waals surface area contributed by atoms with Gasteiger partial charge in [0.25, 0.3) is 0 Å². The maximum Gasteiger partial charge on any atom is 0.236 e. The van der Waals surface area contributed by atoms with Crippen LogP contribution in [0.2, 0.25) is 0 Å². The van der Waals surface area contributed by atoms with E-state index in [4.69, 9.17) is 0 Å². The number of anilines is 1. The molecule has 0 unspecified atom stereocenters. The topological polar surface area (TPSA) is 46.9 Å². The number of benzene rings is 2. The van der Waals surface area contributed by atoms with Crippen LogP contribution in [0.15, 0.2) is 75.7 Å². The SMILES string of the molecule is O=C(CSc1cn(Cc2ccc(Br)cc2)c2ccccc12)Nc1nccs1. The number of para-hydroxylation sites is 1. The maximum atomic E-state index is 12.2. The van der Waals surface area contributed by atoms with Gasteiger partial charge in [-0.15, -0.1) is 23.1 Å². The molecule has 0 fully saturated rings. The number of carbonyl (C=O) groups excluding carboxylic acids is 1. The lowest BCUT2D eigenvalue weighted by molar-refractivity contribution is -0.113. The number of hydrogen-bond donors (Lipinski definition) is 1. The Labute approximate surface area is 173 Å². The zero-order valence-electron chi connectivity index (χ0n) is 14.3. The fourth-order valence-electron chi connectivity index (χ4n) is 2.83. The molecule has 1 N–H and O–H groups in total. The number of fused-ring (bicyclic) bond motifs is 1. The third kappa shape index (κ3) is 4.43. The monoisotopic (exact) mass is 457 g/mol. The molecule has 4 nitrogen and oxygen atoms in total. The minimum atomic E-state index is -0.0420. The predicted octanol–water partition coefficient (Wildman–Crippen LogP) is 5.64. The van der Waals surface area contributed by atoms with Crippen molar-refractivity contribution in [2.75, 3.05) is 11.1 Å². The van der Waals surface area contributed by atoms with E-state index < -0.39 is 0 Å². The molecule has 0 bridgehead atoms. The van der Waals surface area contributed by atoms with Crippen LogP contribution in [0.1, 0.15) is 5.56 Å². The second-order valence-electron chi connectivity index (χ2n) is 5.94. The lowest BCUT2D eigenvalue weighted by Crippen LogP contribution is -2.13. The van der Waals surface area contributed by atoms with Crippen LogP contribution in [0.25, 0.3) is 10.9 Å².